The number of nitrogens with zero attached hydrogens (tertiary/aromatic N) is 2. The van der Waals surface area contributed by atoms with Crippen LogP contribution in [0.25, 0.3) is 11.1 Å². The molecule has 0 fully saturated rings. The summed E-state index contributed by atoms with van der Waals surface area (Å²) >= 11 is 0. The van der Waals surface area contributed by atoms with E-state index in [1.807, 2.05) is 6.07 Å². The van der Waals surface area contributed by atoms with Crippen molar-refractivity contribution in [2.45, 2.75) is 0 Å². The molecule has 0 aliphatic rings. The second-order valence-electron chi connectivity index (χ2n) is 3.59. The topological polar surface area (TPSA) is 96.3 Å². The molecule has 2 aromatic rings. The molecule has 0 bridgehead atoms. The number of benzene rings is 1. The molecule has 1 aromatic carbocycles. The Morgan fingerprint density at radius 3 is 2.44 bits per heavy atom. The van der Waals surface area contributed by atoms with E-state index in [1.54, 1.807) is 32.5 Å². The molecule has 1 heterocycles. The van der Waals surface area contributed by atoms with Gasteiger partial charge >= 0.3 is 0 Å². The van der Waals surface area contributed by atoms with Crippen molar-refractivity contribution in [2.75, 3.05) is 25.7 Å². The average Bonchev–Trinajstić information content (AvgIpc) is 2.38. The average molecular weight is 246 g/mol. The smallest absolute Gasteiger partial charge is 0.221 e. The fourth-order valence-electron chi connectivity index (χ4n) is 1.64. The van der Waals surface area contributed by atoms with Crippen molar-refractivity contribution in [2.24, 2.45) is 0 Å². The van der Waals surface area contributed by atoms with E-state index in [-0.39, 0.29) is 5.95 Å². The monoisotopic (exact) mass is 246 g/mol. The van der Waals surface area contributed by atoms with Gasteiger partial charge in [0.25, 0.3) is 0 Å². The van der Waals surface area contributed by atoms with E-state index >= 15 is 0 Å². The first-order valence-electron chi connectivity index (χ1n) is 5.26. The Labute approximate surface area is 105 Å². The maximum Gasteiger partial charge on any atom is 0.221 e. The Balaban J connectivity index is 2.60. The Morgan fingerprint density at radius 2 is 1.83 bits per heavy atom. The highest BCUT2D eigenvalue weighted by Gasteiger charge is 2.12. The summed E-state index contributed by atoms with van der Waals surface area (Å²) in [7, 11) is 3.17. The van der Waals surface area contributed by atoms with E-state index in [9.17, 15) is 0 Å². The minimum absolute atomic E-state index is 0.137. The van der Waals surface area contributed by atoms with Crippen LogP contribution in [0.15, 0.2) is 24.4 Å². The van der Waals surface area contributed by atoms with Gasteiger partial charge in [0.05, 0.1) is 14.2 Å². The minimum Gasteiger partial charge on any atom is -0.497 e. The number of nitrogen functional groups attached to an aromatic ring is 2. The first-order chi connectivity index (χ1) is 8.65. The first kappa shape index (κ1) is 12.0. The van der Waals surface area contributed by atoms with Crippen LogP contribution in [0.5, 0.6) is 11.5 Å². The highest BCUT2D eigenvalue weighted by atomic mass is 16.5. The summed E-state index contributed by atoms with van der Waals surface area (Å²) in [5.74, 6) is 1.80. The molecule has 2 rings (SSSR count). The SMILES string of the molecule is COc1ccc(OC)c(-c2cnc(N)nc2N)c1. The van der Waals surface area contributed by atoms with E-state index in [0.29, 0.717) is 22.9 Å². The van der Waals surface area contributed by atoms with Crippen LogP contribution in [0.3, 0.4) is 0 Å². The zero-order valence-corrected chi connectivity index (χ0v) is 10.2. The molecule has 0 saturated heterocycles. The molecule has 0 radical (unpaired) electrons. The second-order valence-corrected chi connectivity index (χ2v) is 3.59. The number of nitrogens with two attached hydrogens (primary N) is 2. The van der Waals surface area contributed by atoms with Gasteiger partial charge in [0.15, 0.2) is 0 Å². The van der Waals surface area contributed by atoms with E-state index in [2.05, 4.69) is 9.97 Å². The number of rotatable bonds is 3. The van der Waals surface area contributed by atoms with E-state index < -0.39 is 0 Å². The van der Waals surface area contributed by atoms with Crippen LogP contribution in [-0.2, 0) is 0 Å². The molecule has 18 heavy (non-hydrogen) atoms. The number of hydrogen-bond acceptors (Lipinski definition) is 6. The van der Waals surface area contributed by atoms with Gasteiger partial charge in [-0.1, -0.05) is 0 Å². The highest BCUT2D eigenvalue weighted by Crippen LogP contribution is 2.35. The Kier molecular flexibility index (Phi) is 3.18. The quantitative estimate of drug-likeness (QED) is 0.848. The van der Waals surface area contributed by atoms with Gasteiger partial charge < -0.3 is 20.9 Å². The highest BCUT2D eigenvalue weighted by molar-refractivity contribution is 5.79. The van der Waals surface area contributed by atoms with Crippen molar-refractivity contribution in [1.82, 2.24) is 9.97 Å². The van der Waals surface area contributed by atoms with Crippen molar-refractivity contribution < 1.29 is 9.47 Å². The van der Waals surface area contributed by atoms with Gasteiger partial charge in [0.2, 0.25) is 5.95 Å². The molecule has 0 saturated carbocycles. The zero-order valence-electron chi connectivity index (χ0n) is 10.2. The molecule has 0 atom stereocenters. The fraction of sp³-hybridized carbons (Fsp3) is 0.167. The van der Waals surface area contributed by atoms with Crippen molar-refractivity contribution >= 4 is 11.8 Å². The van der Waals surface area contributed by atoms with E-state index in [1.165, 1.54) is 0 Å². The molecule has 0 aliphatic heterocycles. The predicted molar refractivity (Wildman–Crippen MR) is 69.4 cm³/mol. The summed E-state index contributed by atoms with van der Waals surface area (Å²) in [6.07, 6.45) is 1.56. The third-order valence-corrected chi connectivity index (χ3v) is 2.53. The number of ether oxygens (including phenoxy) is 2. The molecular formula is C12H14N4O2. The number of hydrogen-bond donors (Lipinski definition) is 2. The number of anilines is 2. The van der Waals surface area contributed by atoms with Crippen LogP contribution < -0.4 is 20.9 Å². The van der Waals surface area contributed by atoms with Crippen LogP contribution in [0, 0.1) is 0 Å². The number of aromatic nitrogens is 2. The minimum atomic E-state index is 0.137. The lowest BCUT2D eigenvalue weighted by Gasteiger charge is -2.11. The lowest BCUT2D eigenvalue weighted by atomic mass is 10.1. The van der Waals surface area contributed by atoms with Crippen LogP contribution >= 0.6 is 0 Å². The molecule has 94 valence electrons. The fourth-order valence-corrected chi connectivity index (χ4v) is 1.64. The third-order valence-electron chi connectivity index (χ3n) is 2.53. The predicted octanol–water partition coefficient (Wildman–Crippen LogP) is 1.33. The molecule has 6 nitrogen and oxygen atoms in total. The molecule has 0 spiro atoms. The van der Waals surface area contributed by atoms with Gasteiger partial charge in [-0.05, 0) is 18.2 Å². The molecule has 0 amide bonds. The van der Waals surface area contributed by atoms with Gasteiger partial charge in [-0.2, -0.15) is 4.98 Å². The lowest BCUT2D eigenvalue weighted by Crippen LogP contribution is -2.02. The summed E-state index contributed by atoms with van der Waals surface area (Å²) in [6.45, 7) is 0. The van der Waals surface area contributed by atoms with Gasteiger partial charge in [-0.3, -0.25) is 0 Å². The maximum atomic E-state index is 5.84. The largest absolute Gasteiger partial charge is 0.497 e. The first-order valence-corrected chi connectivity index (χ1v) is 5.26. The second kappa shape index (κ2) is 4.79. The van der Waals surface area contributed by atoms with Crippen molar-refractivity contribution in [3.05, 3.63) is 24.4 Å². The Hall–Kier alpha value is -2.50. The van der Waals surface area contributed by atoms with Crippen LogP contribution in [-0.4, -0.2) is 24.2 Å². The third kappa shape index (κ3) is 2.13. The van der Waals surface area contributed by atoms with Crippen molar-refractivity contribution in [3.8, 4) is 22.6 Å². The van der Waals surface area contributed by atoms with Crippen LogP contribution in [0.4, 0.5) is 11.8 Å². The lowest BCUT2D eigenvalue weighted by molar-refractivity contribution is 0.404. The van der Waals surface area contributed by atoms with Crippen LogP contribution in [0.2, 0.25) is 0 Å². The Bertz CT molecular complexity index is 572. The van der Waals surface area contributed by atoms with Gasteiger partial charge in [-0.15, -0.1) is 0 Å². The molecule has 0 unspecified atom stereocenters. The summed E-state index contributed by atoms with van der Waals surface area (Å²) in [4.78, 5) is 7.87. The summed E-state index contributed by atoms with van der Waals surface area (Å²) in [6, 6.07) is 5.41. The molecule has 6 heteroatoms. The molecule has 4 N–H and O–H groups in total. The normalized spacial score (nSPS) is 10.1. The zero-order chi connectivity index (χ0) is 13.1. The van der Waals surface area contributed by atoms with Gasteiger partial charge in [0.1, 0.15) is 17.3 Å². The van der Waals surface area contributed by atoms with Crippen LogP contribution in [0.1, 0.15) is 0 Å². The van der Waals surface area contributed by atoms with Gasteiger partial charge in [0, 0.05) is 17.3 Å². The molecule has 0 aliphatic carbocycles. The maximum absolute atomic E-state index is 5.84. The summed E-state index contributed by atoms with van der Waals surface area (Å²) < 4.78 is 10.5. The summed E-state index contributed by atoms with van der Waals surface area (Å²) in [5, 5.41) is 0. The van der Waals surface area contributed by atoms with Crippen molar-refractivity contribution in [3.63, 3.8) is 0 Å². The van der Waals surface area contributed by atoms with E-state index in [4.69, 9.17) is 20.9 Å². The van der Waals surface area contributed by atoms with Gasteiger partial charge in [-0.25, -0.2) is 4.98 Å². The Morgan fingerprint density at radius 1 is 1.06 bits per heavy atom. The summed E-state index contributed by atoms with van der Waals surface area (Å²) in [5.41, 5.74) is 12.7. The standard InChI is InChI=1S/C12H14N4O2/c1-17-7-3-4-10(18-2)8(5-7)9-6-15-12(14)16-11(9)13/h3-6H,1-2H3,(H4,13,14,15,16). The number of methoxy groups -OCH3 is 2. The van der Waals surface area contributed by atoms with Crippen molar-refractivity contribution in [1.29, 1.82) is 0 Å². The van der Waals surface area contributed by atoms with E-state index in [0.717, 1.165) is 5.56 Å². The molecular weight excluding hydrogens is 232 g/mol. The molecule has 1 aromatic heterocycles.